The standard InChI is InChI=1S/C13H17N5OS/c1-4-12-16-9(7-20-12)5-11(19)17-10-6-14-8-15-13(10)18(2)3/h6-8H,4-5H2,1-3H3,(H,17,19). The van der Waals surface area contributed by atoms with Crippen LogP contribution in [0.2, 0.25) is 0 Å². The van der Waals surface area contributed by atoms with E-state index in [1.807, 2.05) is 31.3 Å². The number of carbonyl (C=O) groups excluding carboxylic acids is 1. The van der Waals surface area contributed by atoms with Crippen molar-refractivity contribution in [1.82, 2.24) is 15.0 Å². The van der Waals surface area contributed by atoms with E-state index in [0.717, 1.165) is 17.1 Å². The van der Waals surface area contributed by atoms with Crippen LogP contribution in [0.3, 0.4) is 0 Å². The zero-order chi connectivity index (χ0) is 14.5. The molecule has 0 atom stereocenters. The van der Waals surface area contributed by atoms with Crippen molar-refractivity contribution in [2.75, 3.05) is 24.3 Å². The third kappa shape index (κ3) is 3.51. The van der Waals surface area contributed by atoms with Gasteiger partial charge in [-0.2, -0.15) is 0 Å². The maximum atomic E-state index is 12.0. The Morgan fingerprint density at radius 1 is 1.45 bits per heavy atom. The van der Waals surface area contributed by atoms with Gasteiger partial charge in [-0.15, -0.1) is 11.3 Å². The van der Waals surface area contributed by atoms with E-state index in [2.05, 4.69) is 20.3 Å². The second-order valence-corrected chi connectivity index (χ2v) is 5.41. The van der Waals surface area contributed by atoms with Gasteiger partial charge in [0.1, 0.15) is 12.0 Å². The van der Waals surface area contributed by atoms with Crippen molar-refractivity contribution in [1.29, 1.82) is 0 Å². The van der Waals surface area contributed by atoms with Crippen molar-refractivity contribution in [3.8, 4) is 0 Å². The number of thiazole rings is 1. The van der Waals surface area contributed by atoms with Crippen LogP contribution in [0, 0.1) is 0 Å². The van der Waals surface area contributed by atoms with Crippen LogP contribution >= 0.6 is 11.3 Å². The molecule has 2 rings (SSSR count). The Morgan fingerprint density at radius 3 is 2.90 bits per heavy atom. The van der Waals surface area contributed by atoms with E-state index in [9.17, 15) is 4.79 Å². The minimum atomic E-state index is -0.115. The summed E-state index contributed by atoms with van der Waals surface area (Å²) in [5.41, 5.74) is 1.40. The molecule has 0 aliphatic rings. The van der Waals surface area contributed by atoms with Crippen LogP contribution < -0.4 is 10.2 Å². The Hall–Kier alpha value is -2.02. The summed E-state index contributed by atoms with van der Waals surface area (Å²) in [5.74, 6) is 0.566. The van der Waals surface area contributed by atoms with Crippen molar-refractivity contribution >= 4 is 28.7 Å². The summed E-state index contributed by atoms with van der Waals surface area (Å²) < 4.78 is 0. The van der Waals surface area contributed by atoms with Gasteiger partial charge in [-0.3, -0.25) is 4.79 Å². The molecule has 2 heterocycles. The summed E-state index contributed by atoms with van der Waals surface area (Å²) in [5, 5.41) is 5.80. The van der Waals surface area contributed by atoms with E-state index in [1.165, 1.54) is 6.33 Å². The number of hydrogen-bond acceptors (Lipinski definition) is 6. The normalized spacial score (nSPS) is 10.3. The molecule has 7 heteroatoms. The van der Waals surface area contributed by atoms with Gasteiger partial charge in [-0.1, -0.05) is 6.92 Å². The number of anilines is 2. The highest BCUT2D eigenvalue weighted by molar-refractivity contribution is 7.09. The summed E-state index contributed by atoms with van der Waals surface area (Å²) in [6, 6.07) is 0. The average Bonchev–Trinajstić information content (AvgIpc) is 2.86. The Morgan fingerprint density at radius 2 is 2.25 bits per heavy atom. The van der Waals surface area contributed by atoms with E-state index in [-0.39, 0.29) is 12.3 Å². The molecule has 2 aromatic rings. The molecular formula is C13H17N5OS. The first kappa shape index (κ1) is 14.4. The minimum absolute atomic E-state index is 0.115. The summed E-state index contributed by atoms with van der Waals surface area (Å²) in [6.07, 6.45) is 4.21. The molecule has 0 saturated carbocycles. The molecule has 0 saturated heterocycles. The fourth-order valence-electron chi connectivity index (χ4n) is 1.72. The fourth-order valence-corrected chi connectivity index (χ4v) is 2.46. The summed E-state index contributed by atoms with van der Waals surface area (Å²) >= 11 is 1.58. The molecule has 2 aromatic heterocycles. The van der Waals surface area contributed by atoms with Crippen molar-refractivity contribution in [3.05, 3.63) is 28.6 Å². The predicted octanol–water partition coefficient (Wildman–Crippen LogP) is 1.74. The van der Waals surface area contributed by atoms with E-state index in [4.69, 9.17) is 0 Å². The maximum absolute atomic E-state index is 12.0. The zero-order valence-corrected chi connectivity index (χ0v) is 12.6. The second-order valence-electron chi connectivity index (χ2n) is 4.47. The molecule has 0 fully saturated rings. The molecule has 0 bridgehead atoms. The van der Waals surface area contributed by atoms with Gasteiger partial charge in [-0.05, 0) is 6.42 Å². The largest absolute Gasteiger partial charge is 0.361 e. The number of aryl methyl sites for hydroxylation is 1. The number of nitrogens with one attached hydrogen (secondary N) is 1. The molecule has 1 amide bonds. The van der Waals surface area contributed by atoms with Gasteiger partial charge in [0.2, 0.25) is 5.91 Å². The van der Waals surface area contributed by atoms with Gasteiger partial charge in [0.05, 0.1) is 23.3 Å². The van der Waals surface area contributed by atoms with Crippen LogP contribution in [-0.4, -0.2) is 35.0 Å². The fraction of sp³-hybridized carbons (Fsp3) is 0.385. The molecule has 0 unspecified atom stereocenters. The lowest BCUT2D eigenvalue weighted by molar-refractivity contribution is -0.115. The first-order valence-electron chi connectivity index (χ1n) is 6.30. The van der Waals surface area contributed by atoms with Crippen LogP contribution in [0.15, 0.2) is 17.9 Å². The van der Waals surface area contributed by atoms with Gasteiger partial charge in [-0.25, -0.2) is 15.0 Å². The number of hydrogen-bond donors (Lipinski definition) is 1. The van der Waals surface area contributed by atoms with Crippen LogP contribution in [0.5, 0.6) is 0 Å². The monoisotopic (exact) mass is 291 g/mol. The molecule has 0 radical (unpaired) electrons. The molecule has 1 N–H and O–H groups in total. The number of carbonyl (C=O) groups is 1. The van der Waals surface area contributed by atoms with Gasteiger partial charge < -0.3 is 10.2 Å². The van der Waals surface area contributed by atoms with Gasteiger partial charge in [0.15, 0.2) is 5.82 Å². The van der Waals surface area contributed by atoms with E-state index >= 15 is 0 Å². The van der Waals surface area contributed by atoms with Crippen LogP contribution in [0.1, 0.15) is 17.6 Å². The third-order valence-electron chi connectivity index (χ3n) is 2.63. The lowest BCUT2D eigenvalue weighted by Gasteiger charge is -2.15. The van der Waals surface area contributed by atoms with Gasteiger partial charge >= 0.3 is 0 Å². The predicted molar refractivity (Wildman–Crippen MR) is 80.2 cm³/mol. The Kier molecular flexibility index (Phi) is 4.62. The lowest BCUT2D eigenvalue weighted by atomic mass is 10.3. The van der Waals surface area contributed by atoms with Crippen LogP contribution in [0.25, 0.3) is 0 Å². The maximum Gasteiger partial charge on any atom is 0.230 e. The number of amides is 1. The molecule has 20 heavy (non-hydrogen) atoms. The quantitative estimate of drug-likeness (QED) is 0.908. The highest BCUT2D eigenvalue weighted by atomic mass is 32.1. The summed E-state index contributed by atoms with van der Waals surface area (Å²) in [4.78, 5) is 26.3. The second kappa shape index (κ2) is 6.42. The van der Waals surface area contributed by atoms with Crippen molar-refractivity contribution in [2.45, 2.75) is 19.8 Å². The first-order valence-corrected chi connectivity index (χ1v) is 7.18. The van der Waals surface area contributed by atoms with Crippen LogP contribution in [-0.2, 0) is 17.6 Å². The van der Waals surface area contributed by atoms with Gasteiger partial charge in [0, 0.05) is 19.5 Å². The summed E-state index contributed by atoms with van der Waals surface area (Å²) in [6.45, 7) is 2.05. The molecule has 0 aliphatic carbocycles. The number of nitrogens with zero attached hydrogens (tertiary/aromatic N) is 4. The van der Waals surface area contributed by atoms with E-state index < -0.39 is 0 Å². The molecule has 6 nitrogen and oxygen atoms in total. The average molecular weight is 291 g/mol. The third-order valence-corrected chi connectivity index (χ3v) is 3.67. The summed E-state index contributed by atoms with van der Waals surface area (Å²) in [7, 11) is 3.73. The lowest BCUT2D eigenvalue weighted by Crippen LogP contribution is -2.19. The molecule has 0 aliphatic heterocycles. The van der Waals surface area contributed by atoms with E-state index in [0.29, 0.717) is 11.5 Å². The SMILES string of the molecule is CCc1nc(CC(=O)Nc2cncnc2N(C)C)cs1. The number of aromatic nitrogens is 3. The topological polar surface area (TPSA) is 71.0 Å². The highest BCUT2D eigenvalue weighted by Crippen LogP contribution is 2.19. The minimum Gasteiger partial charge on any atom is -0.361 e. The van der Waals surface area contributed by atoms with Crippen LogP contribution in [0.4, 0.5) is 11.5 Å². The van der Waals surface area contributed by atoms with Gasteiger partial charge in [0.25, 0.3) is 0 Å². The number of rotatable bonds is 5. The molecule has 0 aromatic carbocycles. The van der Waals surface area contributed by atoms with Crippen molar-refractivity contribution < 1.29 is 4.79 Å². The molecule has 106 valence electrons. The van der Waals surface area contributed by atoms with E-state index in [1.54, 1.807) is 17.5 Å². The first-order chi connectivity index (χ1) is 9.60. The molecular weight excluding hydrogens is 274 g/mol. The highest BCUT2D eigenvalue weighted by Gasteiger charge is 2.11. The molecule has 0 spiro atoms. The Balaban J connectivity index is 2.04. The van der Waals surface area contributed by atoms with Crippen molar-refractivity contribution in [3.63, 3.8) is 0 Å². The Bertz CT molecular complexity index is 596. The Labute approximate surface area is 121 Å². The zero-order valence-electron chi connectivity index (χ0n) is 11.8. The van der Waals surface area contributed by atoms with Crippen molar-refractivity contribution in [2.24, 2.45) is 0 Å². The smallest absolute Gasteiger partial charge is 0.230 e.